The van der Waals surface area contributed by atoms with Crippen molar-refractivity contribution in [3.8, 4) is 0 Å². The fourth-order valence-electron chi connectivity index (χ4n) is 6.99. The second kappa shape index (κ2) is 18.8. The van der Waals surface area contributed by atoms with Crippen LogP contribution in [-0.4, -0.2) is 119 Å². The molecule has 0 unspecified atom stereocenters. The average Bonchev–Trinajstić information content (AvgIpc) is 3.79. The second-order valence-corrected chi connectivity index (χ2v) is 14.4. The van der Waals surface area contributed by atoms with E-state index in [1.807, 2.05) is 4.98 Å². The Morgan fingerprint density at radius 2 is 1.50 bits per heavy atom. The van der Waals surface area contributed by atoms with Crippen molar-refractivity contribution in [3.05, 3.63) is 68.7 Å². The Hall–Kier alpha value is -5.55. The number of carbonyl (C=O) groups excluding carboxylic acids is 6. The number of esters is 6. The highest BCUT2D eigenvalue weighted by Gasteiger charge is 2.63. The van der Waals surface area contributed by atoms with Crippen LogP contribution in [0.15, 0.2) is 46.1 Å². The van der Waals surface area contributed by atoms with Gasteiger partial charge >= 0.3 is 41.5 Å². The number of aromatic nitrogens is 2. The van der Waals surface area contributed by atoms with Crippen molar-refractivity contribution in [1.82, 2.24) is 9.55 Å². The molecule has 60 heavy (non-hydrogen) atoms. The molecule has 22 heteroatoms. The molecule has 1 aromatic heterocycles. The van der Waals surface area contributed by atoms with Gasteiger partial charge in [0.2, 0.25) is 5.82 Å². The van der Waals surface area contributed by atoms with Gasteiger partial charge in [0.05, 0.1) is 19.2 Å². The maximum Gasteiger partial charge on any atom is 0.367 e. The predicted octanol–water partition coefficient (Wildman–Crippen LogP) is 0.628. The molecule has 3 aliphatic rings. The van der Waals surface area contributed by atoms with Gasteiger partial charge in [0.15, 0.2) is 30.3 Å². The van der Waals surface area contributed by atoms with E-state index in [9.17, 15) is 42.7 Å². The molecule has 10 atom stereocenters. The van der Waals surface area contributed by atoms with Gasteiger partial charge in [-0.15, -0.1) is 0 Å². The summed E-state index contributed by atoms with van der Waals surface area (Å²) in [5, 5.41) is 0. The number of ether oxygens (including phenoxy) is 11. The summed E-state index contributed by atoms with van der Waals surface area (Å²) in [5.74, 6) is -11.0. The summed E-state index contributed by atoms with van der Waals surface area (Å²) in [6.45, 7) is 6.50. The lowest BCUT2D eigenvalue weighted by molar-refractivity contribution is -0.270. The van der Waals surface area contributed by atoms with E-state index < -0.39 is 139 Å². The number of nitrogens with one attached hydrogen (secondary N) is 1. The van der Waals surface area contributed by atoms with Crippen molar-refractivity contribution in [2.45, 2.75) is 128 Å². The van der Waals surface area contributed by atoms with Gasteiger partial charge in [-0.3, -0.25) is 38.3 Å². The number of nitrogens with zero attached hydrogens (tertiary/aromatic N) is 1. The Labute approximate surface area is 340 Å². The minimum absolute atomic E-state index is 0.323. The van der Waals surface area contributed by atoms with Gasteiger partial charge < -0.3 is 52.1 Å². The molecule has 1 aromatic carbocycles. The van der Waals surface area contributed by atoms with Crippen LogP contribution in [0, 0.1) is 5.82 Å². The summed E-state index contributed by atoms with van der Waals surface area (Å²) in [6.07, 6.45) is -13.5. The Morgan fingerprint density at radius 1 is 0.850 bits per heavy atom. The quantitative estimate of drug-likeness (QED) is 0.179. The zero-order valence-electron chi connectivity index (χ0n) is 33.6. The highest BCUT2D eigenvalue weighted by Crippen LogP contribution is 2.45. The van der Waals surface area contributed by atoms with Gasteiger partial charge in [0.25, 0.3) is 11.3 Å². The topological polar surface area (TPSA) is 259 Å². The Morgan fingerprint density at radius 3 is 2.12 bits per heavy atom. The monoisotopic (exact) mass is 852 g/mol. The molecule has 0 aliphatic carbocycles. The first-order valence-corrected chi connectivity index (χ1v) is 18.6. The number of halogens is 1. The van der Waals surface area contributed by atoms with Gasteiger partial charge in [0, 0.05) is 34.6 Å². The second-order valence-electron chi connectivity index (χ2n) is 14.4. The molecule has 0 amide bonds. The van der Waals surface area contributed by atoms with Crippen LogP contribution in [0.2, 0.25) is 0 Å². The fourth-order valence-corrected chi connectivity index (χ4v) is 6.99. The molecule has 3 fully saturated rings. The van der Waals surface area contributed by atoms with Crippen LogP contribution < -0.4 is 11.2 Å². The van der Waals surface area contributed by atoms with E-state index in [2.05, 4.69) is 0 Å². The highest BCUT2D eigenvalue weighted by atomic mass is 19.1. The van der Waals surface area contributed by atoms with Crippen LogP contribution in [0.3, 0.4) is 0 Å². The summed E-state index contributed by atoms with van der Waals surface area (Å²) in [6, 6.07) is 8.44. The smallest absolute Gasteiger partial charge is 0.367 e. The molecule has 0 radical (unpaired) electrons. The molecule has 5 rings (SSSR count). The number of carbonyl (C=O) groups is 6. The van der Waals surface area contributed by atoms with Crippen molar-refractivity contribution in [2.24, 2.45) is 0 Å². The highest BCUT2D eigenvalue weighted by molar-refractivity contribution is 5.79. The van der Waals surface area contributed by atoms with Gasteiger partial charge in [-0.2, -0.15) is 4.39 Å². The number of hydrogen-bond acceptors (Lipinski definition) is 19. The minimum atomic E-state index is -2.57. The van der Waals surface area contributed by atoms with Crippen LogP contribution in [0.25, 0.3) is 0 Å². The first kappa shape index (κ1) is 45.5. The zero-order valence-corrected chi connectivity index (χ0v) is 33.6. The van der Waals surface area contributed by atoms with E-state index in [0.29, 0.717) is 11.8 Å². The molecule has 0 bridgehead atoms. The molecule has 3 aliphatic heterocycles. The molecule has 0 saturated carbocycles. The standard InChI is InChI=1S/C38H45FN2O19/c1-18(42)50-16-26(54-20(3)44)28(55-21(4)45)31(56-22(5)46)29-25(53-19(2)43)13-38(60-29,35(48)51-15-23-11-9-8-10-12-23)52-17-27-30-32(59-37(6,7)58-30)34(57-27)41-14-24(39)33(47)40-36(41)49/h8-12,14,25-32,34H,13,15-17H2,1-7H3,(H,40,47,49)/t25-,26+,27+,28+,29+,30+,31-,32+,34+,38+/m0/s1. The number of rotatable bonds is 16. The van der Waals surface area contributed by atoms with E-state index >= 15 is 0 Å². The molecule has 0 spiro atoms. The maximum atomic E-state index is 14.5. The lowest BCUT2D eigenvalue weighted by Crippen LogP contribution is -2.55. The number of H-pyrrole nitrogens is 1. The normalized spacial score (nSPS) is 26.8. The van der Waals surface area contributed by atoms with Crippen molar-refractivity contribution in [2.75, 3.05) is 13.2 Å². The van der Waals surface area contributed by atoms with Crippen molar-refractivity contribution >= 4 is 35.8 Å². The van der Waals surface area contributed by atoms with E-state index in [0.717, 1.165) is 39.2 Å². The summed E-state index contributed by atoms with van der Waals surface area (Å²) in [7, 11) is 0. The van der Waals surface area contributed by atoms with Gasteiger partial charge in [-0.1, -0.05) is 30.3 Å². The van der Waals surface area contributed by atoms with Crippen LogP contribution in [0.1, 0.15) is 66.7 Å². The molecule has 3 saturated heterocycles. The zero-order chi connectivity index (χ0) is 44.1. The summed E-state index contributed by atoms with van der Waals surface area (Å²) >= 11 is 0. The molecule has 328 valence electrons. The van der Waals surface area contributed by atoms with E-state index in [-0.39, 0.29) is 6.61 Å². The lowest BCUT2D eigenvalue weighted by Gasteiger charge is -2.36. The van der Waals surface area contributed by atoms with Crippen molar-refractivity contribution in [1.29, 1.82) is 0 Å². The first-order chi connectivity index (χ1) is 28.2. The molecular weight excluding hydrogens is 807 g/mol. The Kier molecular flexibility index (Phi) is 14.3. The summed E-state index contributed by atoms with van der Waals surface area (Å²) in [4.78, 5) is 103. The molecule has 1 N–H and O–H groups in total. The summed E-state index contributed by atoms with van der Waals surface area (Å²) < 4.78 is 78.8. The van der Waals surface area contributed by atoms with E-state index in [1.54, 1.807) is 44.2 Å². The predicted molar refractivity (Wildman–Crippen MR) is 192 cm³/mol. The molecular formula is C38H45FN2O19. The van der Waals surface area contributed by atoms with Crippen molar-refractivity contribution in [3.63, 3.8) is 0 Å². The maximum absolute atomic E-state index is 14.5. The molecule has 21 nitrogen and oxygen atoms in total. The Balaban J connectivity index is 1.56. The van der Waals surface area contributed by atoms with E-state index in [4.69, 9.17) is 52.1 Å². The third-order valence-electron chi connectivity index (χ3n) is 9.19. The Bertz CT molecular complexity index is 2050. The number of fused-ring (bicyclic) bond motifs is 1. The van der Waals surface area contributed by atoms with Gasteiger partial charge in [0.1, 0.15) is 43.7 Å². The van der Waals surface area contributed by atoms with Gasteiger partial charge in [-0.25, -0.2) is 9.59 Å². The largest absolute Gasteiger partial charge is 0.462 e. The minimum Gasteiger partial charge on any atom is -0.462 e. The van der Waals surface area contributed by atoms with Crippen LogP contribution >= 0.6 is 0 Å². The first-order valence-electron chi connectivity index (χ1n) is 18.6. The van der Waals surface area contributed by atoms with E-state index in [1.165, 1.54) is 0 Å². The molecule has 4 heterocycles. The third-order valence-corrected chi connectivity index (χ3v) is 9.19. The number of aromatic amines is 1. The number of hydrogen-bond donors (Lipinski definition) is 1. The summed E-state index contributed by atoms with van der Waals surface area (Å²) in [5.41, 5.74) is -1.77. The number of benzene rings is 1. The SMILES string of the molecule is CC(=O)OC[C@@H](OC(C)=O)[C@@H](OC(C)=O)[C@H](OC(C)=O)[C@@H]1O[C@@](OC[C@H]2O[C@@H](n3cc(F)c(=O)[nH]c3=O)[C@@H]3OC(C)(C)O[C@@H]32)(C(=O)OCc2ccccc2)C[C@@H]1OC(C)=O. The van der Waals surface area contributed by atoms with Crippen LogP contribution in [-0.2, 0) is 87.5 Å². The van der Waals surface area contributed by atoms with Crippen LogP contribution in [0.5, 0.6) is 0 Å². The molecule has 2 aromatic rings. The third kappa shape index (κ3) is 11.0. The lowest BCUT2D eigenvalue weighted by atomic mass is 9.97. The average molecular weight is 853 g/mol. The van der Waals surface area contributed by atoms with Crippen LogP contribution in [0.4, 0.5) is 4.39 Å². The fraction of sp³-hybridized carbons (Fsp3) is 0.579. The van der Waals surface area contributed by atoms with Crippen molar-refractivity contribution < 1.29 is 85.3 Å². The van der Waals surface area contributed by atoms with Gasteiger partial charge in [-0.05, 0) is 19.4 Å².